The summed E-state index contributed by atoms with van der Waals surface area (Å²) >= 11 is 0. The summed E-state index contributed by atoms with van der Waals surface area (Å²) in [6.45, 7) is 3.56. The van der Waals surface area contributed by atoms with Gasteiger partial charge in [0.05, 0.1) is 18.8 Å². The van der Waals surface area contributed by atoms with Gasteiger partial charge in [-0.05, 0) is 48.8 Å². The monoisotopic (exact) mass is 460 g/mol. The number of aliphatic hydroxyl groups is 2. The van der Waals surface area contributed by atoms with Crippen LogP contribution in [-0.4, -0.2) is 52.5 Å². The number of aliphatic carboxylic acids is 1. The van der Waals surface area contributed by atoms with Crippen molar-refractivity contribution in [2.75, 3.05) is 13.2 Å². The van der Waals surface area contributed by atoms with E-state index in [2.05, 4.69) is 19.1 Å². The third-order valence-corrected chi connectivity index (χ3v) is 6.83. The molecule has 33 heavy (non-hydrogen) atoms. The van der Waals surface area contributed by atoms with Crippen molar-refractivity contribution in [2.45, 2.75) is 89.1 Å². The first-order valence-corrected chi connectivity index (χ1v) is 12.5. The second-order valence-electron chi connectivity index (χ2n) is 9.61. The summed E-state index contributed by atoms with van der Waals surface area (Å²) in [5.41, 5.74) is 2.20. The number of hydrogen-bond acceptors (Lipinski definition) is 5. The highest BCUT2D eigenvalue weighted by Gasteiger charge is 2.47. The van der Waals surface area contributed by atoms with Crippen molar-refractivity contribution in [1.82, 2.24) is 0 Å². The van der Waals surface area contributed by atoms with Gasteiger partial charge in [-0.15, -0.1) is 0 Å². The van der Waals surface area contributed by atoms with Gasteiger partial charge in [0.1, 0.15) is 0 Å². The molecule has 5 atom stereocenters. The average molecular weight is 461 g/mol. The largest absolute Gasteiger partial charge is 0.481 e. The Hall–Kier alpha value is -1.73. The number of unbranched alkanes of at least 4 members (excludes halogenated alkanes) is 3. The predicted octanol–water partition coefficient (Wildman–Crippen LogP) is 4.26. The smallest absolute Gasteiger partial charge is 0.303 e. The van der Waals surface area contributed by atoms with E-state index in [1.54, 1.807) is 6.08 Å². The Labute approximate surface area is 197 Å². The van der Waals surface area contributed by atoms with Gasteiger partial charge < -0.3 is 24.8 Å². The molecule has 1 aliphatic heterocycles. The number of hydrogen-bond donors (Lipinski definition) is 3. The first-order valence-electron chi connectivity index (χ1n) is 12.5. The molecule has 2 bridgehead atoms. The maximum absolute atomic E-state index is 11.3. The number of benzene rings is 1. The Kier molecular flexibility index (Phi) is 9.93. The van der Waals surface area contributed by atoms with E-state index in [1.807, 2.05) is 18.2 Å². The van der Waals surface area contributed by atoms with Crippen LogP contribution < -0.4 is 0 Å². The number of aliphatic hydroxyl groups excluding tert-OH is 1. The van der Waals surface area contributed by atoms with Crippen molar-refractivity contribution >= 4 is 5.97 Å². The van der Waals surface area contributed by atoms with Gasteiger partial charge in [-0.25, -0.2) is 0 Å². The molecule has 2 aliphatic rings. The first kappa shape index (κ1) is 25.9. The predicted molar refractivity (Wildman–Crippen MR) is 127 cm³/mol. The second kappa shape index (κ2) is 12.7. The lowest BCUT2D eigenvalue weighted by atomic mass is 9.88. The fourth-order valence-corrected chi connectivity index (χ4v) is 5.19. The minimum atomic E-state index is -1.38. The average Bonchev–Trinajstić information content (AvgIpc) is 2.97. The molecule has 0 spiro atoms. The molecule has 6 nitrogen and oxygen atoms in total. The molecule has 0 amide bonds. The van der Waals surface area contributed by atoms with Crippen LogP contribution >= 0.6 is 0 Å². The summed E-state index contributed by atoms with van der Waals surface area (Å²) in [4.78, 5) is 10.6. The fourth-order valence-electron chi connectivity index (χ4n) is 5.19. The molecule has 1 saturated carbocycles. The molecule has 1 aromatic carbocycles. The van der Waals surface area contributed by atoms with Gasteiger partial charge in [0.15, 0.2) is 5.79 Å². The van der Waals surface area contributed by atoms with Crippen LogP contribution in [0.25, 0.3) is 0 Å². The van der Waals surface area contributed by atoms with E-state index in [0.717, 1.165) is 50.7 Å². The Morgan fingerprint density at radius 2 is 1.97 bits per heavy atom. The lowest BCUT2D eigenvalue weighted by Crippen LogP contribution is -2.37. The summed E-state index contributed by atoms with van der Waals surface area (Å²) in [6, 6.07) is 8.21. The Morgan fingerprint density at radius 3 is 2.76 bits per heavy atom. The molecule has 3 N–H and O–H groups in total. The Balaban J connectivity index is 1.55. The highest BCUT2D eigenvalue weighted by molar-refractivity contribution is 5.66. The molecule has 6 heteroatoms. The minimum absolute atomic E-state index is 0.00917. The summed E-state index contributed by atoms with van der Waals surface area (Å²) < 4.78 is 11.8. The van der Waals surface area contributed by atoms with Crippen molar-refractivity contribution in [3.8, 4) is 0 Å². The molecule has 0 saturated heterocycles. The minimum Gasteiger partial charge on any atom is -0.481 e. The lowest BCUT2D eigenvalue weighted by Gasteiger charge is -2.30. The summed E-state index contributed by atoms with van der Waals surface area (Å²) in [6.07, 6.45) is 10.5. The Bertz CT molecular complexity index is 778. The quantitative estimate of drug-likeness (QED) is 0.284. The van der Waals surface area contributed by atoms with Crippen molar-refractivity contribution < 1.29 is 29.6 Å². The number of carboxylic acids is 1. The van der Waals surface area contributed by atoms with Gasteiger partial charge in [0.2, 0.25) is 0 Å². The highest BCUT2D eigenvalue weighted by Crippen LogP contribution is 2.43. The van der Waals surface area contributed by atoms with Gasteiger partial charge in [-0.3, -0.25) is 4.79 Å². The van der Waals surface area contributed by atoms with Crippen LogP contribution in [0.3, 0.4) is 0 Å². The van der Waals surface area contributed by atoms with Crippen molar-refractivity contribution in [3.63, 3.8) is 0 Å². The van der Waals surface area contributed by atoms with Crippen LogP contribution in [0, 0.1) is 11.8 Å². The zero-order valence-electron chi connectivity index (χ0n) is 19.8. The molecule has 3 rings (SSSR count). The van der Waals surface area contributed by atoms with Crippen LogP contribution in [0.15, 0.2) is 36.4 Å². The summed E-state index contributed by atoms with van der Waals surface area (Å²) in [5.74, 6) is -1.96. The Morgan fingerprint density at radius 1 is 1.18 bits per heavy atom. The first-order chi connectivity index (χ1) is 15.9. The van der Waals surface area contributed by atoms with Gasteiger partial charge in [0, 0.05) is 31.8 Å². The van der Waals surface area contributed by atoms with Crippen LogP contribution in [0.4, 0.5) is 0 Å². The van der Waals surface area contributed by atoms with E-state index in [0.29, 0.717) is 25.9 Å². The van der Waals surface area contributed by atoms with E-state index < -0.39 is 17.9 Å². The standard InChI is InChI=1S/C27H40O6/c1-2-15-32-16-13-20-8-7-9-21(17-20)19-27(31)14-12-22-23(25(33-27)18-24(22)28)10-5-3-4-6-11-26(29)30/h7-9,12,14,17,22-25,28,31H,2-6,10-11,13,15-16,18-19H2,1H3,(H,29,30)/t22-,23-,24+,25?,27?/m1/s1. The molecule has 2 unspecified atom stereocenters. The number of carbonyl (C=O) groups is 1. The van der Waals surface area contributed by atoms with Gasteiger partial charge in [-0.2, -0.15) is 0 Å². The van der Waals surface area contributed by atoms with Gasteiger partial charge in [-0.1, -0.05) is 56.5 Å². The second-order valence-corrected chi connectivity index (χ2v) is 9.61. The molecule has 1 aliphatic carbocycles. The van der Waals surface area contributed by atoms with Crippen LogP contribution in [-0.2, 0) is 27.1 Å². The molecule has 1 heterocycles. The molecule has 0 aromatic heterocycles. The number of fused-ring (bicyclic) bond motifs is 2. The van der Waals surface area contributed by atoms with Crippen molar-refractivity contribution in [1.29, 1.82) is 0 Å². The maximum Gasteiger partial charge on any atom is 0.303 e. The topological polar surface area (TPSA) is 96.2 Å². The zero-order valence-corrected chi connectivity index (χ0v) is 19.8. The fraction of sp³-hybridized carbons (Fsp3) is 0.667. The van der Waals surface area contributed by atoms with Crippen LogP contribution in [0.1, 0.15) is 69.4 Å². The van der Waals surface area contributed by atoms with E-state index in [4.69, 9.17) is 14.6 Å². The number of rotatable bonds is 14. The molecule has 0 radical (unpaired) electrons. The van der Waals surface area contributed by atoms with Crippen LogP contribution in [0.5, 0.6) is 0 Å². The lowest BCUT2D eigenvalue weighted by molar-refractivity contribution is -0.202. The molecule has 1 aromatic rings. The molecular weight excluding hydrogens is 420 g/mol. The van der Waals surface area contributed by atoms with Gasteiger partial charge >= 0.3 is 5.97 Å². The third kappa shape index (κ3) is 7.92. The summed E-state index contributed by atoms with van der Waals surface area (Å²) in [5, 5.41) is 30.6. The van der Waals surface area contributed by atoms with E-state index in [-0.39, 0.29) is 24.4 Å². The van der Waals surface area contributed by atoms with E-state index in [9.17, 15) is 15.0 Å². The van der Waals surface area contributed by atoms with Crippen molar-refractivity contribution in [2.24, 2.45) is 11.8 Å². The number of ether oxygens (including phenoxy) is 2. The molecular formula is C27H40O6. The number of carboxylic acid groups (broad SMARTS) is 1. The SMILES string of the molecule is CCCOCCc1cccc(CC2(O)C=C[C@H]3[C@@H](O)CC(O2)[C@@H]3CCCCCCC(=O)O)c1. The molecule has 184 valence electrons. The maximum atomic E-state index is 11.3. The van der Waals surface area contributed by atoms with Crippen molar-refractivity contribution in [3.05, 3.63) is 47.5 Å². The van der Waals surface area contributed by atoms with E-state index in [1.165, 1.54) is 5.56 Å². The summed E-state index contributed by atoms with van der Waals surface area (Å²) in [7, 11) is 0. The normalized spacial score (nSPS) is 28.7. The zero-order chi connectivity index (χ0) is 23.7. The van der Waals surface area contributed by atoms with Gasteiger partial charge in [0.25, 0.3) is 0 Å². The van der Waals surface area contributed by atoms with Crippen LogP contribution in [0.2, 0.25) is 0 Å². The van der Waals surface area contributed by atoms with E-state index >= 15 is 0 Å². The molecule has 1 fully saturated rings. The highest BCUT2D eigenvalue weighted by atomic mass is 16.6. The third-order valence-electron chi connectivity index (χ3n) is 6.83.